The number of carbonyl (C=O) groups is 1. The molecule has 0 bridgehead atoms. The molecule has 0 spiro atoms. The van der Waals surface area contributed by atoms with Crippen LogP contribution in [0.25, 0.3) is 11.0 Å². The number of amides is 1. The van der Waals surface area contributed by atoms with E-state index in [-0.39, 0.29) is 0 Å². The molecule has 0 radical (unpaired) electrons. The minimum atomic E-state index is -0.627. The van der Waals surface area contributed by atoms with Crippen LogP contribution in [0.5, 0.6) is 0 Å². The maximum atomic E-state index is 12.8. The molecule has 1 amide bonds. The molecular formula is C26H27N5O2. The number of hydrogen-bond acceptors (Lipinski definition) is 5. The Labute approximate surface area is 193 Å². The first-order valence-electron chi connectivity index (χ1n) is 10.7. The Kier molecular flexibility index (Phi) is 5.96. The summed E-state index contributed by atoms with van der Waals surface area (Å²) in [4.78, 5) is 28.3. The van der Waals surface area contributed by atoms with Gasteiger partial charge in [-0.3, -0.25) is 4.90 Å². The Balaban J connectivity index is 1.87. The van der Waals surface area contributed by atoms with Crippen LogP contribution >= 0.6 is 0 Å². The van der Waals surface area contributed by atoms with Crippen LogP contribution in [0.2, 0.25) is 0 Å². The number of carbonyl (C=O) groups excluding carboxylic acids is 1. The van der Waals surface area contributed by atoms with Crippen molar-refractivity contribution < 1.29 is 9.53 Å². The van der Waals surface area contributed by atoms with Gasteiger partial charge in [-0.25, -0.2) is 19.8 Å². The van der Waals surface area contributed by atoms with E-state index in [9.17, 15) is 4.79 Å². The molecule has 2 aromatic heterocycles. The SMILES string of the molecule is CN(C(=O)OC(C)(C)C)c1nc(N=C(c2ccccc2)c2ccccc2)cc2c1ncn2C. The summed E-state index contributed by atoms with van der Waals surface area (Å²) in [7, 11) is 3.53. The molecule has 4 aromatic rings. The van der Waals surface area contributed by atoms with Crippen molar-refractivity contribution in [3.8, 4) is 0 Å². The molecule has 0 aliphatic heterocycles. The molecule has 7 heteroatoms. The number of aryl methyl sites for hydroxylation is 1. The lowest BCUT2D eigenvalue weighted by atomic mass is 10.0. The van der Waals surface area contributed by atoms with Crippen molar-refractivity contribution in [1.29, 1.82) is 0 Å². The first-order valence-corrected chi connectivity index (χ1v) is 10.7. The third kappa shape index (κ3) is 4.92. The third-order valence-electron chi connectivity index (χ3n) is 4.99. The Morgan fingerprint density at radius 3 is 2.12 bits per heavy atom. The van der Waals surface area contributed by atoms with Crippen molar-refractivity contribution >= 4 is 34.5 Å². The standard InChI is InChI=1S/C26H27N5O2/c1-26(2,3)33-25(32)31(5)24-23-20(30(4)17-27-23)16-21(29-24)28-22(18-12-8-6-9-13-18)19-14-10-7-11-15-19/h6-17H,1-5H3. The molecule has 33 heavy (non-hydrogen) atoms. The van der Waals surface area contributed by atoms with Crippen LogP contribution in [-0.4, -0.2) is 39.0 Å². The molecule has 0 fully saturated rings. The van der Waals surface area contributed by atoms with Crippen LogP contribution in [0.1, 0.15) is 31.9 Å². The minimum absolute atomic E-state index is 0.390. The van der Waals surface area contributed by atoms with E-state index >= 15 is 0 Å². The van der Waals surface area contributed by atoms with Gasteiger partial charge in [-0.15, -0.1) is 0 Å². The fourth-order valence-corrected chi connectivity index (χ4v) is 3.41. The highest BCUT2D eigenvalue weighted by Crippen LogP contribution is 2.29. The third-order valence-corrected chi connectivity index (χ3v) is 4.99. The zero-order chi connectivity index (χ0) is 23.6. The van der Waals surface area contributed by atoms with Crippen LogP contribution in [0.4, 0.5) is 16.4 Å². The van der Waals surface area contributed by atoms with Crippen LogP contribution in [0.3, 0.4) is 0 Å². The molecule has 2 heterocycles. The number of imidazole rings is 1. The van der Waals surface area contributed by atoms with Gasteiger partial charge >= 0.3 is 6.09 Å². The first kappa shape index (κ1) is 22.2. The number of hydrogen-bond donors (Lipinski definition) is 0. The second kappa shape index (κ2) is 8.86. The highest BCUT2D eigenvalue weighted by atomic mass is 16.6. The van der Waals surface area contributed by atoms with Gasteiger partial charge in [0.2, 0.25) is 0 Å². The quantitative estimate of drug-likeness (QED) is 0.392. The van der Waals surface area contributed by atoms with E-state index in [1.807, 2.05) is 99.1 Å². The zero-order valence-corrected chi connectivity index (χ0v) is 19.5. The molecule has 0 aliphatic carbocycles. The number of benzene rings is 2. The average Bonchev–Trinajstić information content (AvgIpc) is 3.17. The lowest BCUT2D eigenvalue weighted by molar-refractivity contribution is 0.0588. The monoisotopic (exact) mass is 441 g/mol. The Morgan fingerprint density at radius 1 is 1.00 bits per heavy atom. The number of rotatable bonds is 4. The Hall–Kier alpha value is -4.00. The summed E-state index contributed by atoms with van der Waals surface area (Å²) in [5, 5.41) is 0. The van der Waals surface area contributed by atoms with E-state index in [2.05, 4.69) is 4.98 Å². The molecule has 2 aromatic carbocycles. The molecule has 0 N–H and O–H groups in total. The summed E-state index contributed by atoms with van der Waals surface area (Å²) in [5.74, 6) is 0.862. The molecule has 0 saturated carbocycles. The second-order valence-corrected chi connectivity index (χ2v) is 8.76. The van der Waals surface area contributed by atoms with Crippen LogP contribution in [-0.2, 0) is 11.8 Å². The van der Waals surface area contributed by atoms with Gasteiger partial charge in [0.1, 0.15) is 11.1 Å². The van der Waals surface area contributed by atoms with Gasteiger partial charge in [0.05, 0.1) is 17.6 Å². The minimum Gasteiger partial charge on any atom is -0.443 e. The van der Waals surface area contributed by atoms with Gasteiger partial charge in [0.15, 0.2) is 11.6 Å². The van der Waals surface area contributed by atoms with E-state index < -0.39 is 11.7 Å². The number of anilines is 1. The predicted molar refractivity (Wildman–Crippen MR) is 131 cm³/mol. The maximum absolute atomic E-state index is 12.8. The predicted octanol–water partition coefficient (Wildman–Crippen LogP) is 5.51. The van der Waals surface area contributed by atoms with Gasteiger partial charge in [-0.05, 0) is 20.8 Å². The van der Waals surface area contributed by atoms with E-state index in [1.165, 1.54) is 4.90 Å². The second-order valence-electron chi connectivity index (χ2n) is 8.76. The molecular weight excluding hydrogens is 414 g/mol. The van der Waals surface area contributed by atoms with Crippen LogP contribution in [0.15, 0.2) is 78.0 Å². The Bertz CT molecular complexity index is 1260. The normalized spacial score (nSPS) is 11.3. The number of aliphatic imine (C=N–C) groups is 1. The molecule has 4 rings (SSSR count). The molecule has 0 atom stereocenters. The molecule has 168 valence electrons. The van der Waals surface area contributed by atoms with E-state index in [0.717, 1.165) is 22.4 Å². The van der Waals surface area contributed by atoms with Crippen molar-refractivity contribution in [3.63, 3.8) is 0 Å². The van der Waals surface area contributed by atoms with Crippen molar-refractivity contribution in [1.82, 2.24) is 14.5 Å². The van der Waals surface area contributed by atoms with Crippen molar-refractivity contribution in [2.24, 2.45) is 12.0 Å². The highest BCUT2D eigenvalue weighted by Gasteiger charge is 2.24. The van der Waals surface area contributed by atoms with Gasteiger partial charge in [-0.1, -0.05) is 60.7 Å². The number of aromatic nitrogens is 3. The summed E-state index contributed by atoms with van der Waals surface area (Å²) in [6.07, 6.45) is 1.19. The summed E-state index contributed by atoms with van der Waals surface area (Å²) in [5.41, 5.74) is 3.52. The largest absolute Gasteiger partial charge is 0.443 e. The maximum Gasteiger partial charge on any atom is 0.415 e. The number of nitrogens with zero attached hydrogens (tertiary/aromatic N) is 5. The van der Waals surface area contributed by atoms with Gasteiger partial charge in [-0.2, -0.15) is 0 Å². The van der Waals surface area contributed by atoms with Crippen molar-refractivity contribution in [2.45, 2.75) is 26.4 Å². The first-order chi connectivity index (χ1) is 15.7. The lowest BCUT2D eigenvalue weighted by Crippen LogP contribution is -2.34. The molecule has 0 saturated heterocycles. The summed E-state index contributed by atoms with van der Waals surface area (Å²) in [6.45, 7) is 5.49. The molecule has 7 nitrogen and oxygen atoms in total. The lowest BCUT2D eigenvalue weighted by Gasteiger charge is -2.24. The number of pyridine rings is 1. The van der Waals surface area contributed by atoms with Crippen LogP contribution < -0.4 is 4.90 Å². The van der Waals surface area contributed by atoms with Crippen molar-refractivity contribution in [3.05, 3.63) is 84.2 Å². The average molecular weight is 442 g/mol. The number of fused-ring (bicyclic) bond motifs is 1. The molecule has 0 aliphatic rings. The van der Waals surface area contributed by atoms with Gasteiger partial charge in [0, 0.05) is 31.3 Å². The zero-order valence-electron chi connectivity index (χ0n) is 19.5. The van der Waals surface area contributed by atoms with E-state index in [1.54, 1.807) is 13.4 Å². The van der Waals surface area contributed by atoms with Gasteiger partial charge in [0.25, 0.3) is 0 Å². The van der Waals surface area contributed by atoms with Crippen molar-refractivity contribution in [2.75, 3.05) is 11.9 Å². The summed E-state index contributed by atoms with van der Waals surface area (Å²) >= 11 is 0. The van der Waals surface area contributed by atoms with Gasteiger partial charge < -0.3 is 9.30 Å². The van der Waals surface area contributed by atoms with E-state index in [4.69, 9.17) is 14.7 Å². The smallest absolute Gasteiger partial charge is 0.415 e. The highest BCUT2D eigenvalue weighted by molar-refractivity contribution is 6.14. The summed E-state index contributed by atoms with van der Waals surface area (Å²) in [6, 6.07) is 21.8. The molecule has 0 unspecified atom stereocenters. The van der Waals surface area contributed by atoms with E-state index in [0.29, 0.717) is 17.2 Å². The topological polar surface area (TPSA) is 72.6 Å². The number of ether oxygens (including phenoxy) is 1. The fraction of sp³-hybridized carbons (Fsp3) is 0.231. The summed E-state index contributed by atoms with van der Waals surface area (Å²) < 4.78 is 7.43. The fourth-order valence-electron chi connectivity index (χ4n) is 3.41. The van der Waals surface area contributed by atoms with Crippen LogP contribution in [0, 0.1) is 0 Å². The Morgan fingerprint density at radius 2 is 1.58 bits per heavy atom.